The second-order valence-corrected chi connectivity index (χ2v) is 6.82. The van der Waals surface area contributed by atoms with Crippen molar-refractivity contribution in [3.63, 3.8) is 0 Å². The largest absolute Gasteiger partial charge is 0.484 e. The zero-order valence-corrected chi connectivity index (χ0v) is 15.1. The second-order valence-electron chi connectivity index (χ2n) is 5.94. The van der Waals surface area contributed by atoms with Crippen molar-refractivity contribution in [2.45, 2.75) is 4.90 Å². The fraction of sp³-hybridized carbons (Fsp3) is 0.0952. The molecule has 4 aromatic rings. The van der Waals surface area contributed by atoms with E-state index in [1.807, 2.05) is 66.9 Å². The van der Waals surface area contributed by atoms with Crippen LogP contribution in [0.25, 0.3) is 21.8 Å². The molecule has 4 nitrogen and oxygen atoms in total. The van der Waals surface area contributed by atoms with E-state index in [0.29, 0.717) is 5.75 Å². The Kier molecular flexibility index (Phi) is 4.54. The molecule has 0 aliphatic rings. The molecule has 0 saturated heterocycles. The summed E-state index contributed by atoms with van der Waals surface area (Å²) in [5.74, 6) is 0.482. The molecule has 0 atom stereocenters. The highest BCUT2D eigenvalue weighted by atomic mass is 32.2. The van der Waals surface area contributed by atoms with E-state index in [2.05, 4.69) is 16.4 Å². The number of carbonyl (C=O) groups is 1. The lowest BCUT2D eigenvalue weighted by Gasteiger charge is -2.08. The van der Waals surface area contributed by atoms with Gasteiger partial charge in [0.15, 0.2) is 6.61 Å². The maximum atomic E-state index is 12.1. The van der Waals surface area contributed by atoms with Crippen molar-refractivity contribution in [1.82, 2.24) is 4.98 Å². The highest BCUT2D eigenvalue weighted by Gasteiger charge is 2.07. The van der Waals surface area contributed by atoms with Crippen molar-refractivity contribution in [3.8, 4) is 5.75 Å². The van der Waals surface area contributed by atoms with Gasteiger partial charge in [-0.15, -0.1) is 11.8 Å². The molecule has 130 valence electrons. The fourth-order valence-corrected chi connectivity index (χ4v) is 3.35. The SMILES string of the molecule is CSc1ccc(NC(=O)COc2ccc3c(c2)[nH]c2ccccc23)cc1. The highest BCUT2D eigenvalue weighted by Crippen LogP contribution is 2.28. The van der Waals surface area contributed by atoms with Gasteiger partial charge in [-0.25, -0.2) is 0 Å². The van der Waals surface area contributed by atoms with E-state index in [0.717, 1.165) is 27.0 Å². The van der Waals surface area contributed by atoms with Crippen LogP contribution in [-0.2, 0) is 4.79 Å². The lowest BCUT2D eigenvalue weighted by molar-refractivity contribution is -0.118. The summed E-state index contributed by atoms with van der Waals surface area (Å²) in [5.41, 5.74) is 2.85. The third kappa shape index (κ3) is 3.39. The quantitative estimate of drug-likeness (QED) is 0.488. The molecule has 1 heterocycles. The molecule has 2 N–H and O–H groups in total. The van der Waals surface area contributed by atoms with Crippen molar-refractivity contribution >= 4 is 45.2 Å². The van der Waals surface area contributed by atoms with E-state index in [1.165, 1.54) is 5.39 Å². The van der Waals surface area contributed by atoms with E-state index < -0.39 is 0 Å². The molecule has 0 spiro atoms. The Labute approximate surface area is 155 Å². The Morgan fingerprint density at radius 1 is 1.00 bits per heavy atom. The van der Waals surface area contributed by atoms with Gasteiger partial charge in [0, 0.05) is 32.9 Å². The summed E-state index contributed by atoms with van der Waals surface area (Å²) >= 11 is 1.67. The van der Waals surface area contributed by atoms with Gasteiger partial charge in [-0.2, -0.15) is 0 Å². The van der Waals surface area contributed by atoms with Crippen LogP contribution < -0.4 is 10.1 Å². The standard InChI is InChI=1S/C21H18N2O2S/c1-26-16-9-6-14(7-10-16)22-21(24)13-25-15-8-11-18-17-4-2-3-5-19(17)23-20(18)12-15/h2-12,23H,13H2,1H3,(H,22,24). The number of para-hydroxylation sites is 1. The number of ether oxygens (including phenoxy) is 1. The molecule has 0 fully saturated rings. The topological polar surface area (TPSA) is 54.1 Å². The number of anilines is 1. The molecule has 0 unspecified atom stereocenters. The number of nitrogens with one attached hydrogen (secondary N) is 2. The summed E-state index contributed by atoms with van der Waals surface area (Å²) in [5, 5.41) is 5.17. The average Bonchev–Trinajstić information content (AvgIpc) is 3.05. The Bertz CT molecular complexity index is 1070. The molecule has 0 radical (unpaired) electrons. The molecule has 3 aromatic carbocycles. The van der Waals surface area contributed by atoms with Crippen molar-refractivity contribution < 1.29 is 9.53 Å². The Balaban J connectivity index is 1.43. The number of H-pyrrole nitrogens is 1. The summed E-state index contributed by atoms with van der Waals surface area (Å²) in [4.78, 5) is 16.6. The molecule has 0 aliphatic carbocycles. The maximum Gasteiger partial charge on any atom is 0.262 e. The summed E-state index contributed by atoms with van der Waals surface area (Å²) < 4.78 is 5.65. The first-order chi connectivity index (χ1) is 12.7. The van der Waals surface area contributed by atoms with Crippen LogP contribution in [0.4, 0.5) is 5.69 Å². The smallest absolute Gasteiger partial charge is 0.262 e. The Hall–Kier alpha value is -2.92. The summed E-state index contributed by atoms with van der Waals surface area (Å²) in [7, 11) is 0. The van der Waals surface area contributed by atoms with Gasteiger partial charge >= 0.3 is 0 Å². The van der Waals surface area contributed by atoms with Gasteiger partial charge in [-0.3, -0.25) is 4.79 Å². The van der Waals surface area contributed by atoms with Crippen molar-refractivity contribution in [3.05, 3.63) is 66.7 Å². The summed E-state index contributed by atoms with van der Waals surface area (Å²) in [6, 6.07) is 21.7. The number of carbonyl (C=O) groups excluding carboxylic acids is 1. The predicted octanol–water partition coefficient (Wildman–Crippen LogP) is 5.06. The molecule has 4 rings (SSSR count). The third-order valence-electron chi connectivity index (χ3n) is 4.22. The fourth-order valence-electron chi connectivity index (χ4n) is 2.94. The van der Waals surface area contributed by atoms with Crippen LogP contribution in [-0.4, -0.2) is 23.8 Å². The van der Waals surface area contributed by atoms with E-state index in [1.54, 1.807) is 11.8 Å². The minimum atomic E-state index is -0.182. The van der Waals surface area contributed by atoms with Gasteiger partial charge in [-0.1, -0.05) is 18.2 Å². The van der Waals surface area contributed by atoms with Crippen LogP contribution in [0.3, 0.4) is 0 Å². The van der Waals surface area contributed by atoms with Gasteiger partial charge < -0.3 is 15.0 Å². The van der Waals surface area contributed by atoms with E-state index >= 15 is 0 Å². The number of benzene rings is 3. The lowest BCUT2D eigenvalue weighted by atomic mass is 10.1. The number of hydrogen-bond acceptors (Lipinski definition) is 3. The normalized spacial score (nSPS) is 11.0. The van der Waals surface area contributed by atoms with Crippen LogP contribution in [0.5, 0.6) is 5.75 Å². The maximum absolute atomic E-state index is 12.1. The first-order valence-electron chi connectivity index (χ1n) is 8.30. The molecule has 0 aliphatic heterocycles. The van der Waals surface area contributed by atoms with Gasteiger partial charge in [-0.05, 0) is 48.7 Å². The van der Waals surface area contributed by atoms with Crippen molar-refractivity contribution in [1.29, 1.82) is 0 Å². The lowest BCUT2D eigenvalue weighted by Crippen LogP contribution is -2.20. The van der Waals surface area contributed by atoms with E-state index in [-0.39, 0.29) is 12.5 Å². The van der Waals surface area contributed by atoms with Crippen LogP contribution in [0, 0.1) is 0 Å². The van der Waals surface area contributed by atoms with Gasteiger partial charge in [0.1, 0.15) is 5.75 Å². The molecular weight excluding hydrogens is 344 g/mol. The number of fused-ring (bicyclic) bond motifs is 3. The highest BCUT2D eigenvalue weighted by molar-refractivity contribution is 7.98. The summed E-state index contributed by atoms with van der Waals surface area (Å²) in [6.45, 7) is -0.0317. The zero-order chi connectivity index (χ0) is 17.9. The number of thioether (sulfide) groups is 1. The summed E-state index contributed by atoms with van der Waals surface area (Å²) in [6.07, 6.45) is 2.02. The molecule has 1 aromatic heterocycles. The molecule has 5 heteroatoms. The molecule has 0 bridgehead atoms. The minimum Gasteiger partial charge on any atom is -0.484 e. The van der Waals surface area contributed by atoms with Gasteiger partial charge in [0.2, 0.25) is 0 Å². The Morgan fingerprint density at radius 3 is 2.58 bits per heavy atom. The third-order valence-corrected chi connectivity index (χ3v) is 4.96. The van der Waals surface area contributed by atoms with Crippen LogP contribution >= 0.6 is 11.8 Å². The first kappa shape index (κ1) is 16.5. The molecule has 26 heavy (non-hydrogen) atoms. The van der Waals surface area contributed by atoms with Crippen LogP contribution in [0.15, 0.2) is 71.6 Å². The number of amides is 1. The van der Waals surface area contributed by atoms with Crippen LogP contribution in [0.1, 0.15) is 0 Å². The average molecular weight is 362 g/mol. The Morgan fingerprint density at radius 2 is 1.77 bits per heavy atom. The monoisotopic (exact) mass is 362 g/mol. The number of hydrogen-bond donors (Lipinski definition) is 2. The molecule has 1 amide bonds. The van der Waals surface area contributed by atoms with E-state index in [4.69, 9.17) is 4.74 Å². The number of aromatic nitrogens is 1. The predicted molar refractivity (Wildman–Crippen MR) is 108 cm³/mol. The number of rotatable bonds is 5. The van der Waals surface area contributed by atoms with E-state index in [9.17, 15) is 4.79 Å². The minimum absolute atomic E-state index is 0.0317. The van der Waals surface area contributed by atoms with Gasteiger partial charge in [0.05, 0.1) is 5.52 Å². The van der Waals surface area contributed by atoms with Gasteiger partial charge in [0.25, 0.3) is 5.91 Å². The van der Waals surface area contributed by atoms with Crippen LogP contribution in [0.2, 0.25) is 0 Å². The number of aromatic amines is 1. The van der Waals surface area contributed by atoms with Crippen molar-refractivity contribution in [2.24, 2.45) is 0 Å². The second kappa shape index (κ2) is 7.14. The first-order valence-corrected chi connectivity index (χ1v) is 9.52. The molecule has 0 saturated carbocycles. The van der Waals surface area contributed by atoms with Crippen molar-refractivity contribution in [2.75, 3.05) is 18.2 Å². The molecular formula is C21H18N2O2S. The zero-order valence-electron chi connectivity index (χ0n) is 14.3.